The predicted octanol–water partition coefficient (Wildman–Crippen LogP) is 2.06. The summed E-state index contributed by atoms with van der Waals surface area (Å²) >= 11 is 0. The van der Waals surface area contributed by atoms with Gasteiger partial charge in [0.2, 0.25) is 5.91 Å². The molecule has 1 atom stereocenters. The van der Waals surface area contributed by atoms with Gasteiger partial charge in [0, 0.05) is 6.42 Å². The van der Waals surface area contributed by atoms with Crippen molar-refractivity contribution in [3.63, 3.8) is 0 Å². The minimum atomic E-state index is -3.42. The molecule has 0 aliphatic rings. The molecule has 112 valence electrons. The first-order chi connectivity index (χ1) is 9.49. The summed E-state index contributed by atoms with van der Waals surface area (Å²) in [6, 6.07) is 8.89. The maximum absolute atomic E-state index is 12.4. The highest BCUT2D eigenvalue weighted by atomic mass is 32.2. The zero-order chi connectivity index (χ0) is 15.0. The average molecular weight is 299 g/mol. The van der Waals surface area contributed by atoms with E-state index in [1.165, 1.54) is 5.48 Å². The third kappa shape index (κ3) is 5.30. The van der Waals surface area contributed by atoms with Crippen LogP contribution in [-0.2, 0) is 20.4 Å². The molecule has 1 amide bonds. The number of rotatable bonds is 8. The van der Waals surface area contributed by atoms with Crippen LogP contribution in [-0.4, -0.2) is 24.8 Å². The van der Waals surface area contributed by atoms with Gasteiger partial charge in [-0.15, -0.1) is 0 Å². The Labute approximate surface area is 119 Å². The van der Waals surface area contributed by atoms with Gasteiger partial charge in [0.15, 0.2) is 9.84 Å². The molecular formula is C14H21NO4S. The highest BCUT2D eigenvalue weighted by Crippen LogP contribution is 2.19. The zero-order valence-electron chi connectivity index (χ0n) is 11.6. The predicted molar refractivity (Wildman–Crippen MR) is 76.9 cm³/mol. The van der Waals surface area contributed by atoms with Crippen LogP contribution in [0.3, 0.4) is 0 Å². The van der Waals surface area contributed by atoms with Crippen LogP contribution in [0.4, 0.5) is 0 Å². The number of hydroxylamine groups is 1. The number of hydrogen-bond donors (Lipinski definition) is 2. The minimum absolute atomic E-state index is 0.0824. The van der Waals surface area contributed by atoms with Crippen LogP contribution in [0.1, 0.15) is 38.2 Å². The van der Waals surface area contributed by atoms with Crippen LogP contribution in [0.5, 0.6) is 0 Å². The Morgan fingerprint density at radius 1 is 1.30 bits per heavy atom. The summed E-state index contributed by atoms with van der Waals surface area (Å²) in [6.07, 6.45) is 1.82. The van der Waals surface area contributed by atoms with Gasteiger partial charge in [-0.2, -0.15) is 0 Å². The van der Waals surface area contributed by atoms with Crippen molar-refractivity contribution in [3.8, 4) is 0 Å². The minimum Gasteiger partial charge on any atom is -0.289 e. The van der Waals surface area contributed by atoms with E-state index in [0.29, 0.717) is 12.0 Å². The van der Waals surface area contributed by atoms with Gasteiger partial charge >= 0.3 is 0 Å². The van der Waals surface area contributed by atoms with Crippen molar-refractivity contribution < 1.29 is 18.4 Å². The van der Waals surface area contributed by atoms with E-state index in [2.05, 4.69) is 0 Å². The Balaban J connectivity index is 2.83. The second kappa shape index (κ2) is 8.01. The molecule has 0 saturated carbocycles. The summed E-state index contributed by atoms with van der Waals surface area (Å²) in [5, 5.41) is 7.82. The van der Waals surface area contributed by atoms with Gasteiger partial charge < -0.3 is 0 Å². The third-order valence-corrected chi connectivity index (χ3v) is 5.29. The maximum atomic E-state index is 12.4. The molecule has 1 rings (SSSR count). The fourth-order valence-electron chi connectivity index (χ4n) is 2.02. The largest absolute Gasteiger partial charge is 0.289 e. The van der Waals surface area contributed by atoms with Crippen molar-refractivity contribution >= 4 is 15.7 Å². The number of carbonyl (C=O) groups excluding carboxylic acids is 1. The van der Waals surface area contributed by atoms with Crippen LogP contribution in [0.15, 0.2) is 30.3 Å². The SMILES string of the molecule is CCCC[C@@H](CC(=O)NO)S(=O)(=O)Cc1ccccc1. The zero-order valence-corrected chi connectivity index (χ0v) is 12.4. The Hall–Kier alpha value is -1.40. The van der Waals surface area contributed by atoms with Crippen LogP contribution in [0.2, 0.25) is 0 Å². The van der Waals surface area contributed by atoms with Crippen LogP contribution in [0.25, 0.3) is 0 Å². The molecule has 0 aliphatic heterocycles. The summed E-state index contributed by atoms with van der Waals surface area (Å²) < 4.78 is 24.8. The number of nitrogens with one attached hydrogen (secondary N) is 1. The molecule has 0 aromatic heterocycles. The highest BCUT2D eigenvalue weighted by molar-refractivity contribution is 7.91. The summed E-state index contributed by atoms with van der Waals surface area (Å²) in [4.78, 5) is 11.3. The van der Waals surface area contributed by atoms with Crippen LogP contribution >= 0.6 is 0 Å². The molecule has 0 aliphatic carbocycles. The summed E-state index contributed by atoms with van der Waals surface area (Å²) in [7, 11) is -3.42. The Morgan fingerprint density at radius 3 is 2.50 bits per heavy atom. The molecule has 20 heavy (non-hydrogen) atoms. The van der Waals surface area contributed by atoms with Crippen LogP contribution in [0, 0.1) is 0 Å². The average Bonchev–Trinajstić information content (AvgIpc) is 2.43. The first-order valence-corrected chi connectivity index (χ1v) is 8.39. The van der Waals surface area contributed by atoms with Gasteiger partial charge in [-0.25, -0.2) is 13.9 Å². The maximum Gasteiger partial charge on any atom is 0.244 e. The van der Waals surface area contributed by atoms with E-state index in [4.69, 9.17) is 5.21 Å². The Bertz CT molecular complexity index is 513. The number of amides is 1. The van der Waals surface area contributed by atoms with E-state index < -0.39 is 21.0 Å². The number of sulfone groups is 1. The van der Waals surface area contributed by atoms with E-state index in [-0.39, 0.29) is 12.2 Å². The Morgan fingerprint density at radius 2 is 1.95 bits per heavy atom. The number of hydrogen-bond acceptors (Lipinski definition) is 4. The topological polar surface area (TPSA) is 83.5 Å². The fourth-order valence-corrected chi connectivity index (χ4v) is 3.84. The lowest BCUT2D eigenvalue weighted by Crippen LogP contribution is -2.30. The van der Waals surface area contributed by atoms with E-state index in [0.717, 1.165) is 12.8 Å². The van der Waals surface area contributed by atoms with Crippen molar-refractivity contribution in [3.05, 3.63) is 35.9 Å². The fraction of sp³-hybridized carbons (Fsp3) is 0.500. The summed E-state index contributed by atoms with van der Waals surface area (Å²) in [6.45, 7) is 1.97. The van der Waals surface area contributed by atoms with E-state index >= 15 is 0 Å². The highest BCUT2D eigenvalue weighted by Gasteiger charge is 2.27. The molecule has 0 fully saturated rings. The summed E-state index contributed by atoms with van der Waals surface area (Å²) in [5.74, 6) is -0.747. The number of carbonyl (C=O) groups is 1. The Kier molecular flexibility index (Phi) is 6.67. The van der Waals surface area contributed by atoms with Crippen LogP contribution < -0.4 is 5.48 Å². The van der Waals surface area contributed by atoms with Gasteiger partial charge in [0.1, 0.15) is 0 Å². The van der Waals surface area contributed by atoms with Crippen molar-refractivity contribution in [1.82, 2.24) is 5.48 Å². The molecule has 0 bridgehead atoms. The molecule has 5 nitrogen and oxygen atoms in total. The smallest absolute Gasteiger partial charge is 0.244 e. The second-order valence-electron chi connectivity index (χ2n) is 4.80. The van der Waals surface area contributed by atoms with Crippen molar-refractivity contribution in [1.29, 1.82) is 0 Å². The van der Waals surface area contributed by atoms with Gasteiger partial charge in [0.05, 0.1) is 11.0 Å². The lowest BCUT2D eigenvalue weighted by Gasteiger charge is -2.16. The molecule has 0 saturated heterocycles. The molecule has 1 aromatic rings. The van der Waals surface area contributed by atoms with E-state index in [1.54, 1.807) is 24.3 Å². The number of unbranched alkanes of at least 4 members (excludes halogenated alkanes) is 1. The molecule has 0 spiro atoms. The number of benzene rings is 1. The molecule has 1 aromatic carbocycles. The van der Waals surface area contributed by atoms with E-state index in [1.807, 2.05) is 13.0 Å². The standard InChI is InChI=1S/C14H21NO4S/c1-2-3-9-13(10-14(16)15-17)20(18,19)11-12-7-5-4-6-8-12/h4-8,13,17H,2-3,9-11H2,1H3,(H,15,16)/t13-/m0/s1. The quantitative estimate of drug-likeness (QED) is 0.568. The molecule has 0 radical (unpaired) electrons. The molecule has 6 heteroatoms. The van der Waals surface area contributed by atoms with Gasteiger partial charge in [-0.1, -0.05) is 50.1 Å². The van der Waals surface area contributed by atoms with Gasteiger partial charge in [-0.05, 0) is 12.0 Å². The second-order valence-corrected chi connectivity index (χ2v) is 7.08. The lowest BCUT2D eigenvalue weighted by molar-refractivity contribution is -0.129. The first-order valence-electron chi connectivity index (χ1n) is 6.68. The molecule has 0 heterocycles. The molecule has 2 N–H and O–H groups in total. The third-order valence-electron chi connectivity index (χ3n) is 3.14. The van der Waals surface area contributed by atoms with E-state index in [9.17, 15) is 13.2 Å². The summed E-state index contributed by atoms with van der Waals surface area (Å²) in [5.41, 5.74) is 2.21. The van der Waals surface area contributed by atoms with Crippen molar-refractivity contribution in [2.75, 3.05) is 0 Å². The van der Waals surface area contributed by atoms with Gasteiger partial charge in [-0.3, -0.25) is 10.0 Å². The molecular weight excluding hydrogens is 278 g/mol. The van der Waals surface area contributed by atoms with Crippen molar-refractivity contribution in [2.24, 2.45) is 0 Å². The monoisotopic (exact) mass is 299 g/mol. The first kappa shape index (κ1) is 16.7. The van der Waals surface area contributed by atoms with Gasteiger partial charge in [0.25, 0.3) is 0 Å². The molecule has 0 unspecified atom stereocenters. The van der Waals surface area contributed by atoms with Crippen molar-refractivity contribution in [2.45, 2.75) is 43.6 Å². The lowest BCUT2D eigenvalue weighted by atomic mass is 10.1. The normalized spacial score (nSPS) is 12.9.